The molecule has 2 aliphatic rings. The summed E-state index contributed by atoms with van der Waals surface area (Å²) in [5, 5.41) is 0. The fourth-order valence-corrected chi connectivity index (χ4v) is 3.78. The smallest absolute Gasteiger partial charge is 0.0240 e. The van der Waals surface area contributed by atoms with E-state index in [0.717, 1.165) is 17.3 Å². The number of fused-ring (bicyclic) bond motifs is 1. The SMILES string of the molecule is CCCCCC12CC1CCCCC2C. The van der Waals surface area contributed by atoms with Crippen molar-refractivity contribution in [1.29, 1.82) is 0 Å². The summed E-state index contributed by atoms with van der Waals surface area (Å²) in [7, 11) is 0. The van der Waals surface area contributed by atoms with Crippen LogP contribution in [0.25, 0.3) is 0 Å². The van der Waals surface area contributed by atoms with Crippen LogP contribution in [-0.4, -0.2) is 0 Å². The molecule has 2 aliphatic carbocycles. The first-order valence-electron chi connectivity index (χ1n) is 6.79. The van der Waals surface area contributed by atoms with Crippen molar-refractivity contribution >= 4 is 0 Å². The molecule has 0 heterocycles. The molecular weight excluding hydrogens is 168 g/mol. The van der Waals surface area contributed by atoms with Gasteiger partial charge < -0.3 is 0 Å². The van der Waals surface area contributed by atoms with Crippen LogP contribution < -0.4 is 0 Å². The van der Waals surface area contributed by atoms with E-state index in [9.17, 15) is 0 Å². The molecule has 0 bridgehead atoms. The van der Waals surface area contributed by atoms with Gasteiger partial charge in [0.25, 0.3) is 0 Å². The lowest BCUT2D eigenvalue weighted by atomic mass is 9.82. The summed E-state index contributed by atoms with van der Waals surface area (Å²) >= 11 is 0. The first-order valence-corrected chi connectivity index (χ1v) is 6.79. The molecule has 0 aromatic carbocycles. The van der Waals surface area contributed by atoms with Crippen molar-refractivity contribution in [2.75, 3.05) is 0 Å². The molecule has 3 atom stereocenters. The molecule has 0 amide bonds. The molecule has 2 saturated carbocycles. The van der Waals surface area contributed by atoms with Gasteiger partial charge in [0.2, 0.25) is 0 Å². The Morgan fingerprint density at radius 2 is 1.93 bits per heavy atom. The number of unbranched alkanes of at least 4 members (excludes halogenated alkanes) is 2. The first kappa shape index (κ1) is 10.5. The lowest BCUT2D eigenvalue weighted by Gasteiger charge is -2.23. The van der Waals surface area contributed by atoms with E-state index >= 15 is 0 Å². The highest BCUT2D eigenvalue weighted by molar-refractivity contribution is 5.05. The fraction of sp³-hybridized carbons (Fsp3) is 1.00. The van der Waals surface area contributed by atoms with Gasteiger partial charge in [-0.3, -0.25) is 0 Å². The van der Waals surface area contributed by atoms with E-state index < -0.39 is 0 Å². The number of hydrogen-bond acceptors (Lipinski definition) is 0. The van der Waals surface area contributed by atoms with Crippen molar-refractivity contribution in [3.63, 3.8) is 0 Å². The molecule has 14 heavy (non-hydrogen) atoms. The summed E-state index contributed by atoms with van der Waals surface area (Å²) in [6.07, 6.45) is 13.6. The zero-order valence-corrected chi connectivity index (χ0v) is 10.0. The van der Waals surface area contributed by atoms with Crippen LogP contribution in [-0.2, 0) is 0 Å². The van der Waals surface area contributed by atoms with Crippen LogP contribution in [0, 0.1) is 17.3 Å². The Morgan fingerprint density at radius 3 is 2.71 bits per heavy atom. The van der Waals surface area contributed by atoms with Crippen LogP contribution in [0.4, 0.5) is 0 Å². The molecule has 0 aliphatic heterocycles. The monoisotopic (exact) mass is 194 g/mol. The minimum Gasteiger partial charge on any atom is -0.0654 e. The third-order valence-electron chi connectivity index (χ3n) is 4.95. The van der Waals surface area contributed by atoms with E-state index in [0.29, 0.717) is 0 Å². The van der Waals surface area contributed by atoms with Crippen LogP contribution in [0.1, 0.15) is 71.6 Å². The number of hydrogen-bond donors (Lipinski definition) is 0. The van der Waals surface area contributed by atoms with E-state index in [1.807, 2.05) is 0 Å². The zero-order chi connectivity index (χ0) is 10.0. The molecule has 0 saturated heterocycles. The lowest BCUT2D eigenvalue weighted by molar-refractivity contribution is 0.268. The Bertz CT molecular complexity index is 184. The highest BCUT2D eigenvalue weighted by Crippen LogP contribution is 2.65. The maximum absolute atomic E-state index is 2.53. The predicted molar refractivity (Wildman–Crippen MR) is 62.3 cm³/mol. The highest BCUT2D eigenvalue weighted by atomic mass is 14.6. The standard InChI is InChI=1S/C14H26/c1-3-4-7-10-14-11-13(14)9-6-5-8-12(14)2/h12-13H,3-11H2,1-2H3. The van der Waals surface area contributed by atoms with Gasteiger partial charge >= 0.3 is 0 Å². The lowest BCUT2D eigenvalue weighted by Crippen LogP contribution is -2.14. The Hall–Kier alpha value is 0. The third-order valence-corrected chi connectivity index (χ3v) is 4.95. The molecule has 3 unspecified atom stereocenters. The van der Waals surface area contributed by atoms with Gasteiger partial charge in [-0.15, -0.1) is 0 Å². The molecule has 2 fully saturated rings. The molecule has 0 N–H and O–H groups in total. The zero-order valence-electron chi connectivity index (χ0n) is 10.0. The van der Waals surface area contributed by atoms with E-state index in [1.165, 1.54) is 38.5 Å². The van der Waals surface area contributed by atoms with Gasteiger partial charge in [0.15, 0.2) is 0 Å². The first-order chi connectivity index (χ1) is 6.79. The Kier molecular flexibility index (Phi) is 3.19. The maximum atomic E-state index is 2.53. The van der Waals surface area contributed by atoms with Gasteiger partial charge in [0.05, 0.1) is 0 Å². The maximum Gasteiger partial charge on any atom is -0.0240 e. The van der Waals surface area contributed by atoms with Gasteiger partial charge in [-0.1, -0.05) is 52.4 Å². The summed E-state index contributed by atoms with van der Waals surface area (Å²) in [4.78, 5) is 0. The summed E-state index contributed by atoms with van der Waals surface area (Å²) in [6.45, 7) is 4.84. The topological polar surface area (TPSA) is 0 Å². The van der Waals surface area contributed by atoms with Crippen LogP contribution in [0.3, 0.4) is 0 Å². The van der Waals surface area contributed by atoms with Crippen LogP contribution in [0.15, 0.2) is 0 Å². The minimum atomic E-state index is 0.839. The van der Waals surface area contributed by atoms with Crippen LogP contribution in [0.2, 0.25) is 0 Å². The molecule has 0 aromatic rings. The van der Waals surface area contributed by atoms with Gasteiger partial charge in [-0.2, -0.15) is 0 Å². The summed E-state index contributed by atoms with van der Waals surface area (Å²) in [6, 6.07) is 0. The number of rotatable bonds is 4. The fourth-order valence-electron chi connectivity index (χ4n) is 3.78. The molecule has 82 valence electrons. The van der Waals surface area contributed by atoms with E-state index in [2.05, 4.69) is 13.8 Å². The largest absolute Gasteiger partial charge is 0.0654 e. The predicted octanol–water partition coefficient (Wildman–Crippen LogP) is 4.78. The van der Waals surface area contributed by atoms with Gasteiger partial charge in [0, 0.05) is 0 Å². The molecule has 0 heteroatoms. The third kappa shape index (κ3) is 1.85. The van der Waals surface area contributed by atoms with E-state index in [-0.39, 0.29) is 0 Å². The highest BCUT2D eigenvalue weighted by Gasteiger charge is 2.56. The minimum absolute atomic E-state index is 0.839. The summed E-state index contributed by atoms with van der Waals surface area (Å²) < 4.78 is 0. The second kappa shape index (κ2) is 4.24. The summed E-state index contributed by atoms with van der Waals surface area (Å²) in [5.74, 6) is 2.17. The Balaban J connectivity index is 1.87. The molecular formula is C14H26. The average Bonchev–Trinajstić information content (AvgIpc) is 2.88. The average molecular weight is 194 g/mol. The normalized spacial score (nSPS) is 41.6. The second-order valence-corrected chi connectivity index (χ2v) is 5.78. The molecule has 0 aromatic heterocycles. The van der Waals surface area contributed by atoms with Crippen molar-refractivity contribution in [3.8, 4) is 0 Å². The summed E-state index contributed by atoms with van der Waals surface area (Å²) in [5.41, 5.74) is 0.839. The Labute approximate surface area is 89.5 Å². The molecule has 0 spiro atoms. The van der Waals surface area contributed by atoms with Gasteiger partial charge in [-0.25, -0.2) is 0 Å². The second-order valence-electron chi connectivity index (χ2n) is 5.78. The van der Waals surface area contributed by atoms with Gasteiger partial charge in [-0.05, 0) is 36.5 Å². The van der Waals surface area contributed by atoms with Crippen molar-refractivity contribution < 1.29 is 0 Å². The van der Waals surface area contributed by atoms with Crippen LogP contribution >= 0.6 is 0 Å². The van der Waals surface area contributed by atoms with Crippen molar-refractivity contribution in [3.05, 3.63) is 0 Å². The van der Waals surface area contributed by atoms with Crippen molar-refractivity contribution in [2.45, 2.75) is 71.6 Å². The van der Waals surface area contributed by atoms with Gasteiger partial charge in [0.1, 0.15) is 0 Å². The molecule has 2 rings (SSSR count). The van der Waals surface area contributed by atoms with Crippen molar-refractivity contribution in [1.82, 2.24) is 0 Å². The molecule has 0 nitrogen and oxygen atoms in total. The van der Waals surface area contributed by atoms with Crippen LogP contribution in [0.5, 0.6) is 0 Å². The molecule has 0 radical (unpaired) electrons. The van der Waals surface area contributed by atoms with E-state index in [1.54, 1.807) is 19.3 Å². The quantitative estimate of drug-likeness (QED) is 0.565. The van der Waals surface area contributed by atoms with Crippen molar-refractivity contribution in [2.24, 2.45) is 17.3 Å². The van der Waals surface area contributed by atoms with E-state index in [4.69, 9.17) is 0 Å². The Morgan fingerprint density at radius 1 is 1.14 bits per heavy atom.